The molecule has 0 aliphatic heterocycles. The summed E-state index contributed by atoms with van der Waals surface area (Å²) < 4.78 is 0. The lowest BCUT2D eigenvalue weighted by Gasteiger charge is -2.06. The maximum absolute atomic E-state index is 4.45. The Hall–Kier alpha value is -0.430. The molecule has 0 nitrogen and oxygen atoms in total. The van der Waals surface area contributed by atoms with Crippen molar-refractivity contribution in [2.45, 2.75) is 57.3 Å². The molecule has 15 heavy (non-hydrogen) atoms. The van der Waals surface area contributed by atoms with Crippen molar-refractivity contribution in [3.05, 3.63) is 29.3 Å². The van der Waals surface area contributed by atoms with Gasteiger partial charge >= 0.3 is 0 Å². The highest BCUT2D eigenvalue weighted by molar-refractivity contribution is 7.80. The number of rotatable bonds is 6. The van der Waals surface area contributed by atoms with Gasteiger partial charge in [0.25, 0.3) is 0 Å². The number of unbranched alkanes of at least 4 members (excludes halogenated alkanes) is 3. The number of thiol groups is 1. The van der Waals surface area contributed by atoms with E-state index in [4.69, 9.17) is 0 Å². The fraction of sp³-hybridized carbons (Fsp3) is 0.571. The fourth-order valence-corrected chi connectivity index (χ4v) is 2.13. The Kier molecular flexibility index (Phi) is 5.85. The molecular formula is C14H22S. The average Bonchev–Trinajstić information content (AvgIpc) is 2.26. The normalized spacial score (nSPS) is 10.6. The van der Waals surface area contributed by atoms with E-state index in [1.165, 1.54) is 43.2 Å². The highest BCUT2D eigenvalue weighted by Crippen LogP contribution is 2.18. The van der Waals surface area contributed by atoms with Gasteiger partial charge in [0.2, 0.25) is 0 Å². The molecule has 1 aromatic carbocycles. The van der Waals surface area contributed by atoms with Gasteiger partial charge in [0.05, 0.1) is 0 Å². The molecule has 1 heteroatoms. The minimum atomic E-state index is 1.08. The number of benzene rings is 1. The van der Waals surface area contributed by atoms with Crippen LogP contribution in [0, 0.1) is 0 Å². The van der Waals surface area contributed by atoms with Crippen molar-refractivity contribution in [2.75, 3.05) is 0 Å². The molecule has 0 saturated carbocycles. The standard InChI is InChI=1S/C14H22S/c1-3-5-6-7-8-12-9-10-14(15)13(4-2)11-12/h9-11,15H,3-8H2,1-2H3. The molecule has 0 aliphatic rings. The Labute approximate surface area is 99.5 Å². The molecular weight excluding hydrogens is 200 g/mol. The van der Waals surface area contributed by atoms with Crippen molar-refractivity contribution < 1.29 is 0 Å². The van der Waals surface area contributed by atoms with Crippen molar-refractivity contribution in [3.63, 3.8) is 0 Å². The van der Waals surface area contributed by atoms with E-state index < -0.39 is 0 Å². The Morgan fingerprint density at radius 1 is 1.07 bits per heavy atom. The van der Waals surface area contributed by atoms with Crippen LogP contribution in [0.4, 0.5) is 0 Å². The molecule has 0 fully saturated rings. The highest BCUT2D eigenvalue weighted by Gasteiger charge is 1.99. The van der Waals surface area contributed by atoms with E-state index in [2.05, 4.69) is 44.7 Å². The van der Waals surface area contributed by atoms with Crippen LogP contribution in [-0.4, -0.2) is 0 Å². The first-order chi connectivity index (χ1) is 7.27. The predicted molar refractivity (Wildman–Crippen MR) is 70.9 cm³/mol. The van der Waals surface area contributed by atoms with Crippen molar-refractivity contribution >= 4 is 12.6 Å². The molecule has 0 unspecified atom stereocenters. The van der Waals surface area contributed by atoms with Crippen molar-refractivity contribution in [3.8, 4) is 0 Å². The summed E-state index contributed by atoms with van der Waals surface area (Å²) in [5, 5.41) is 0. The van der Waals surface area contributed by atoms with Gasteiger partial charge < -0.3 is 0 Å². The molecule has 0 saturated heterocycles. The maximum Gasteiger partial charge on any atom is 0.00721 e. The lowest BCUT2D eigenvalue weighted by molar-refractivity contribution is 0.666. The lowest BCUT2D eigenvalue weighted by Crippen LogP contribution is -1.90. The number of hydrogen-bond donors (Lipinski definition) is 1. The van der Waals surface area contributed by atoms with Gasteiger partial charge in [-0.15, -0.1) is 12.6 Å². The first-order valence-corrected chi connectivity index (χ1v) is 6.53. The van der Waals surface area contributed by atoms with Crippen molar-refractivity contribution in [2.24, 2.45) is 0 Å². The summed E-state index contributed by atoms with van der Waals surface area (Å²) in [4.78, 5) is 1.13. The first-order valence-electron chi connectivity index (χ1n) is 6.08. The zero-order valence-corrected chi connectivity index (χ0v) is 10.8. The van der Waals surface area contributed by atoms with Crippen molar-refractivity contribution in [1.82, 2.24) is 0 Å². The Balaban J connectivity index is 2.47. The molecule has 0 aliphatic carbocycles. The third-order valence-corrected chi connectivity index (χ3v) is 3.28. The molecule has 0 spiro atoms. The third kappa shape index (κ3) is 4.29. The highest BCUT2D eigenvalue weighted by atomic mass is 32.1. The van der Waals surface area contributed by atoms with E-state index in [1.54, 1.807) is 0 Å². The molecule has 0 atom stereocenters. The second kappa shape index (κ2) is 6.95. The summed E-state index contributed by atoms with van der Waals surface area (Å²) in [6.07, 6.45) is 7.67. The van der Waals surface area contributed by atoms with Crippen LogP contribution >= 0.6 is 12.6 Å². The second-order valence-electron chi connectivity index (χ2n) is 4.13. The van der Waals surface area contributed by atoms with Gasteiger partial charge in [-0.25, -0.2) is 0 Å². The minimum absolute atomic E-state index is 1.08. The monoisotopic (exact) mass is 222 g/mol. The van der Waals surface area contributed by atoms with Crippen LogP contribution < -0.4 is 0 Å². The molecule has 1 rings (SSSR count). The minimum Gasteiger partial charge on any atom is -0.143 e. The van der Waals surface area contributed by atoms with Crippen LogP contribution in [0.15, 0.2) is 23.1 Å². The van der Waals surface area contributed by atoms with Crippen LogP contribution in [0.5, 0.6) is 0 Å². The average molecular weight is 222 g/mol. The lowest BCUT2D eigenvalue weighted by atomic mass is 10.0. The third-order valence-electron chi connectivity index (χ3n) is 2.84. The van der Waals surface area contributed by atoms with Gasteiger partial charge in [0.1, 0.15) is 0 Å². The summed E-state index contributed by atoms with van der Waals surface area (Å²) in [5.41, 5.74) is 2.85. The molecule has 0 amide bonds. The van der Waals surface area contributed by atoms with E-state index >= 15 is 0 Å². The zero-order chi connectivity index (χ0) is 11.1. The van der Waals surface area contributed by atoms with Crippen LogP contribution in [0.2, 0.25) is 0 Å². The smallest absolute Gasteiger partial charge is 0.00721 e. The quantitative estimate of drug-likeness (QED) is 0.525. The molecule has 0 aromatic heterocycles. The zero-order valence-electron chi connectivity index (χ0n) is 9.92. The van der Waals surface area contributed by atoms with E-state index in [-0.39, 0.29) is 0 Å². The summed E-state index contributed by atoms with van der Waals surface area (Å²) in [6, 6.07) is 6.67. The van der Waals surface area contributed by atoms with Crippen LogP contribution in [0.25, 0.3) is 0 Å². The second-order valence-corrected chi connectivity index (χ2v) is 4.61. The van der Waals surface area contributed by atoms with Crippen LogP contribution in [-0.2, 0) is 12.8 Å². The van der Waals surface area contributed by atoms with E-state index in [1.807, 2.05) is 0 Å². The number of aryl methyl sites for hydroxylation is 2. The Morgan fingerprint density at radius 2 is 1.87 bits per heavy atom. The SMILES string of the molecule is CCCCCCc1ccc(S)c(CC)c1. The van der Waals surface area contributed by atoms with Gasteiger partial charge in [0, 0.05) is 4.90 Å². The summed E-state index contributed by atoms with van der Waals surface area (Å²) in [5.74, 6) is 0. The maximum atomic E-state index is 4.45. The molecule has 0 bridgehead atoms. The van der Waals surface area contributed by atoms with Crippen molar-refractivity contribution in [1.29, 1.82) is 0 Å². The fourth-order valence-electron chi connectivity index (χ4n) is 1.83. The van der Waals surface area contributed by atoms with Gasteiger partial charge in [-0.1, -0.05) is 45.2 Å². The summed E-state index contributed by atoms with van der Waals surface area (Å²) >= 11 is 4.45. The van der Waals surface area contributed by atoms with Crippen LogP contribution in [0.1, 0.15) is 50.7 Å². The van der Waals surface area contributed by atoms with Gasteiger partial charge in [0.15, 0.2) is 0 Å². The molecule has 0 radical (unpaired) electrons. The molecule has 1 aromatic rings. The van der Waals surface area contributed by atoms with Crippen LogP contribution in [0.3, 0.4) is 0 Å². The Morgan fingerprint density at radius 3 is 2.53 bits per heavy atom. The summed E-state index contributed by atoms with van der Waals surface area (Å²) in [7, 11) is 0. The van der Waals surface area contributed by atoms with Gasteiger partial charge in [-0.05, 0) is 36.5 Å². The number of hydrogen-bond acceptors (Lipinski definition) is 1. The largest absolute Gasteiger partial charge is 0.143 e. The van der Waals surface area contributed by atoms with E-state index in [9.17, 15) is 0 Å². The molecule has 0 heterocycles. The van der Waals surface area contributed by atoms with Gasteiger partial charge in [-0.3, -0.25) is 0 Å². The predicted octanol–water partition coefficient (Wildman–Crippen LogP) is 4.66. The molecule has 0 N–H and O–H groups in total. The molecule has 84 valence electrons. The summed E-state index contributed by atoms with van der Waals surface area (Å²) in [6.45, 7) is 4.45. The van der Waals surface area contributed by atoms with E-state index in [0.29, 0.717) is 0 Å². The topological polar surface area (TPSA) is 0 Å². The Bertz CT molecular complexity index is 291. The van der Waals surface area contributed by atoms with Gasteiger partial charge in [-0.2, -0.15) is 0 Å². The van der Waals surface area contributed by atoms with E-state index in [0.717, 1.165) is 11.3 Å². The first kappa shape index (κ1) is 12.6.